The van der Waals surface area contributed by atoms with Gasteiger partial charge in [0, 0.05) is 41.5 Å². The van der Waals surface area contributed by atoms with E-state index < -0.39 is 11.8 Å². The molecule has 0 bridgehead atoms. The number of carbonyl (C=O) groups is 2. The molecule has 0 spiro atoms. The summed E-state index contributed by atoms with van der Waals surface area (Å²) in [4.78, 5) is 29.0. The normalized spacial score (nSPS) is 14.3. The fourth-order valence-corrected chi connectivity index (χ4v) is 3.28. The molecule has 3 aromatic rings. The number of fused-ring (bicyclic) bond motifs is 1. The van der Waals surface area contributed by atoms with Crippen molar-refractivity contribution in [2.24, 2.45) is 0 Å². The minimum Gasteiger partial charge on any atom is -0.504 e. The SMILES string of the molecule is CCCOc1cnc(CN/C=C2/C(=O)NC(=O)c3ccc(-n4cccc4)cc32)cc1O. The van der Waals surface area contributed by atoms with Crippen LogP contribution in [-0.2, 0) is 11.3 Å². The molecule has 0 saturated carbocycles. The number of nitrogens with one attached hydrogen (secondary N) is 2. The summed E-state index contributed by atoms with van der Waals surface area (Å²) in [6, 6.07) is 10.7. The maximum absolute atomic E-state index is 12.5. The zero-order chi connectivity index (χ0) is 21.8. The first-order valence-corrected chi connectivity index (χ1v) is 9.94. The van der Waals surface area contributed by atoms with Gasteiger partial charge in [-0.05, 0) is 36.8 Å². The van der Waals surface area contributed by atoms with Crippen LogP contribution in [-0.4, -0.2) is 33.1 Å². The van der Waals surface area contributed by atoms with Crippen LogP contribution in [0.15, 0.2) is 61.2 Å². The van der Waals surface area contributed by atoms with E-state index in [0.29, 0.717) is 34.8 Å². The van der Waals surface area contributed by atoms with Crippen LogP contribution >= 0.6 is 0 Å². The minimum absolute atomic E-state index is 0.00983. The number of hydrogen-bond acceptors (Lipinski definition) is 6. The Morgan fingerprint density at radius 1 is 1.16 bits per heavy atom. The van der Waals surface area contributed by atoms with E-state index in [9.17, 15) is 14.7 Å². The second-order valence-corrected chi connectivity index (χ2v) is 7.03. The molecule has 0 radical (unpaired) electrons. The largest absolute Gasteiger partial charge is 0.504 e. The third-order valence-corrected chi connectivity index (χ3v) is 4.81. The number of amides is 2. The van der Waals surface area contributed by atoms with Crippen molar-refractivity contribution in [2.75, 3.05) is 6.61 Å². The zero-order valence-electron chi connectivity index (χ0n) is 17.0. The van der Waals surface area contributed by atoms with Gasteiger partial charge in [-0.25, -0.2) is 0 Å². The Balaban J connectivity index is 1.56. The number of ether oxygens (including phenoxy) is 1. The van der Waals surface area contributed by atoms with Gasteiger partial charge in [-0.3, -0.25) is 19.9 Å². The molecule has 8 heteroatoms. The van der Waals surface area contributed by atoms with Gasteiger partial charge in [-0.1, -0.05) is 6.92 Å². The second-order valence-electron chi connectivity index (χ2n) is 7.03. The Kier molecular flexibility index (Phi) is 5.70. The van der Waals surface area contributed by atoms with Gasteiger partial charge >= 0.3 is 0 Å². The first kappa shape index (κ1) is 20.2. The Morgan fingerprint density at radius 3 is 2.71 bits per heavy atom. The van der Waals surface area contributed by atoms with E-state index in [4.69, 9.17) is 4.74 Å². The summed E-state index contributed by atoms with van der Waals surface area (Å²) < 4.78 is 7.31. The lowest BCUT2D eigenvalue weighted by molar-refractivity contribution is -0.114. The summed E-state index contributed by atoms with van der Waals surface area (Å²) in [5.41, 5.74) is 2.73. The average molecular weight is 418 g/mol. The molecule has 4 rings (SSSR count). The third kappa shape index (κ3) is 4.28. The summed E-state index contributed by atoms with van der Waals surface area (Å²) in [7, 11) is 0. The number of aromatic hydroxyl groups is 1. The Hall–Kier alpha value is -4.07. The molecule has 0 aliphatic carbocycles. The van der Waals surface area contributed by atoms with Gasteiger partial charge in [0.05, 0.1) is 30.6 Å². The number of carbonyl (C=O) groups excluding carboxylic acids is 2. The van der Waals surface area contributed by atoms with E-state index in [1.165, 1.54) is 12.3 Å². The molecule has 158 valence electrons. The lowest BCUT2D eigenvalue weighted by atomic mass is 9.95. The van der Waals surface area contributed by atoms with E-state index >= 15 is 0 Å². The molecular formula is C23H22N4O4. The van der Waals surface area contributed by atoms with Crippen LogP contribution in [0.25, 0.3) is 11.3 Å². The number of aromatic nitrogens is 2. The lowest BCUT2D eigenvalue weighted by Crippen LogP contribution is -2.37. The summed E-state index contributed by atoms with van der Waals surface area (Å²) in [6.07, 6.45) is 7.63. The molecule has 31 heavy (non-hydrogen) atoms. The summed E-state index contributed by atoms with van der Waals surface area (Å²) in [5.74, 6) is -0.560. The van der Waals surface area contributed by atoms with E-state index in [-0.39, 0.29) is 12.3 Å². The van der Waals surface area contributed by atoms with Crippen molar-refractivity contribution in [3.05, 3.63) is 78.0 Å². The van der Waals surface area contributed by atoms with Gasteiger partial charge in [0.1, 0.15) is 0 Å². The number of rotatable bonds is 7. The molecule has 0 saturated heterocycles. The van der Waals surface area contributed by atoms with Crippen molar-refractivity contribution in [1.82, 2.24) is 20.2 Å². The number of imide groups is 1. The average Bonchev–Trinajstić information content (AvgIpc) is 3.30. The highest BCUT2D eigenvalue weighted by atomic mass is 16.5. The fourth-order valence-electron chi connectivity index (χ4n) is 3.28. The third-order valence-electron chi connectivity index (χ3n) is 4.81. The quantitative estimate of drug-likeness (QED) is 0.403. The first-order chi connectivity index (χ1) is 15.1. The van der Waals surface area contributed by atoms with Crippen molar-refractivity contribution >= 4 is 17.4 Å². The maximum atomic E-state index is 12.5. The van der Waals surface area contributed by atoms with Crippen molar-refractivity contribution in [3.8, 4) is 17.2 Å². The van der Waals surface area contributed by atoms with Crippen molar-refractivity contribution in [1.29, 1.82) is 0 Å². The predicted molar refractivity (Wildman–Crippen MR) is 115 cm³/mol. The van der Waals surface area contributed by atoms with Gasteiger partial charge < -0.3 is 19.7 Å². The summed E-state index contributed by atoms with van der Waals surface area (Å²) in [6.45, 7) is 2.75. The van der Waals surface area contributed by atoms with E-state index in [1.807, 2.05) is 48.1 Å². The molecule has 2 amide bonds. The number of benzene rings is 1. The molecule has 1 aliphatic rings. The van der Waals surface area contributed by atoms with Gasteiger partial charge in [0.25, 0.3) is 11.8 Å². The Morgan fingerprint density at radius 2 is 1.97 bits per heavy atom. The predicted octanol–water partition coefficient (Wildman–Crippen LogP) is 2.77. The van der Waals surface area contributed by atoms with Gasteiger partial charge in [0.15, 0.2) is 11.5 Å². The topological polar surface area (TPSA) is 105 Å². The highest BCUT2D eigenvalue weighted by Gasteiger charge is 2.27. The molecule has 3 N–H and O–H groups in total. The Bertz CT molecular complexity index is 1150. The van der Waals surface area contributed by atoms with Crippen LogP contribution in [0, 0.1) is 0 Å². The van der Waals surface area contributed by atoms with Crippen LogP contribution in [0.5, 0.6) is 11.5 Å². The summed E-state index contributed by atoms with van der Waals surface area (Å²) in [5, 5.41) is 15.5. The van der Waals surface area contributed by atoms with Gasteiger partial charge in [-0.2, -0.15) is 0 Å². The highest BCUT2D eigenvalue weighted by Crippen LogP contribution is 2.27. The minimum atomic E-state index is -0.478. The lowest BCUT2D eigenvalue weighted by Gasteiger charge is -2.19. The maximum Gasteiger partial charge on any atom is 0.260 e. The van der Waals surface area contributed by atoms with Crippen LogP contribution < -0.4 is 15.4 Å². The van der Waals surface area contributed by atoms with Crippen molar-refractivity contribution in [2.45, 2.75) is 19.9 Å². The fraction of sp³-hybridized carbons (Fsp3) is 0.174. The number of pyridine rings is 1. The molecule has 0 fully saturated rings. The van der Waals surface area contributed by atoms with Crippen LogP contribution in [0.2, 0.25) is 0 Å². The van der Waals surface area contributed by atoms with Crippen LogP contribution in [0.1, 0.15) is 35.0 Å². The monoisotopic (exact) mass is 418 g/mol. The first-order valence-electron chi connectivity index (χ1n) is 9.94. The molecule has 8 nitrogen and oxygen atoms in total. The standard InChI is InChI=1S/C23H22N4O4/c1-2-9-31-21-14-25-15(10-20(21)28)12-24-13-19-18-11-16(27-7-3-4-8-27)5-6-17(18)22(29)26-23(19)30/h3-8,10-11,13-14,24H,2,9,12H2,1H3,(H,25,28)(H,26,29,30)/b19-13+. The molecular weight excluding hydrogens is 396 g/mol. The smallest absolute Gasteiger partial charge is 0.260 e. The molecule has 0 unspecified atom stereocenters. The highest BCUT2D eigenvalue weighted by molar-refractivity contribution is 6.31. The molecule has 2 aromatic heterocycles. The molecule has 1 aliphatic heterocycles. The molecule has 1 aromatic carbocycles. The molecule has 3 heterocycles. The van der Waals surface area contributed by atoms with E-state index in [2.05, 4.69) is 15.6 Å². The van der Waals surface area contributed by atoms with Crippen molar-refractivity contribution < 1.29 is 19.4 Å². The molecule has 0 atom stereocenters. The zero-order valence-corrected chi connectivity index (χ0v) is 17.0. The van der Waals surface area contributed by atoms with Crippen LogP contribution in [0.4, 0.5) is 0 Å². The summed E-state index contributed by atoms with van der Waals surface area (Å²) >= 11 is 0. The van der Waals surface area contributed by atoms with Crippen LogP contribution in [0.3, 0.4) is 0 Å². The number of hydrogen-bond donors (Lipinski definition) is 3. The van der Waals surface area contributed by atoms with Gasteiger partial charge in [0.2, 0.25) is 0 Å². The van der Waals surface area contributed by atoms with E-state index in [1.54, 1.807) is 12.3 Å². The Labute approximate surface area is 179 Å². The second kappa shape index (κ2) is 8.74. The van der Waals surface area contributed by atoms with E-state index in [0.717, 1.165) is 12.1 Å². The van der Waals surface area contributed by atoms with Crippen molar-refractivity contribution in [3.63, 3.8) is 0 Å². The van der Waals surface area contributed by atoms with Gasteiger partial charge in [-0.15, -0.1) is 0 Å². The number of nitrogens with zero attached hydrogens (tertiary/aromatic N) is 2.